The van der Waals surface area contributed by atoms with E-state index in [1.807, 2.05) is 57.2 Å². The lowest BCUT2D eigenvalue weighted by atomic mass is 9.90. The normalized spacial score (nSPS) is 14.9. The van der Waals surface area contributed by atoms with Gasteiger partial charge in [0.05, 0.1) is 37.1 Å². The third-order valence-electron chi connectivity index (χ3n) is 7.53. The molecule has 1 aliphatic rings. The zero-order valence-corrected chi connectivity index (χ0v) is 25.2. The van der Waals surface area contributed by atoms with Crippen molar-refractivity contribution in [2.45, 2.75) is 26.8 Å². The molecule has 4 aromatic rings. The maximum absolute atomic E-state index is 14.3. The van der Waals surface area contributed by atoms with Crippen molar-refractivity contribution in [3.63, 3.8) is 0 Å². The highest BCUT2D eigenvalue weighted by molar-refractivity contribution is 7.07. The van der Waals surface area contributed by atoms with E-state index in [1.165, 1.54) is 25.6 Å². The van der Waals surface area contributed by atoms with Crippen LogP contribution in [0.3, 0.4) is 0 Å². The highest BCUT2D eigenvalue weighted by Crippen LogP contribution is 2.41. The van der Waals surface area contributed by atoms with Gasteiger partial charge in [-0.25, -0.2) is 4.99 Å². The second-order valence-corrected chi connectivity index (χ2v) is 10.7. The van der Waals surface area contributed by atoms with E-state index in [2.05, 4.69) is 0 Å². The fourth-order valence-electron chi connectivity index (χ4n) is 5.43. The number of phenolic OH excluding ortho intramolecular Hbond substituents is 1. The molecular formula is C32H33N3O6S. The van der Waals surface area contributed by atoms with Crippen LogP contribution in [0.2, 0.25) is 0 Å². The lowest BCUT2D eigenvalue weighted by molar-refractivity contribution is -0.127. The Labute approximate surface area is 247 Å². The highest BCUT2D eigenvalue weighted by Gasteiger charge is 2.36. The molecule has 1 aliphatic heterocycles. The number of likely N-dealkylation sites (N-methyl/N-ethyl adjacent to an activating group) is 1. The molecule has 0 unspecified atom stereocenters. The summed E-state index contributed by atoms with van der Waals surface area (Å²) in [5.41, 5.74) is 2.00. The van der Waals surface area contributed by atoms with Crippen molar-refractivity contribution >= 4 is 34.1 Å². The number of nitrogens with zero attached hydrogens (tertiary/aromatic N) is 3. The Balaban J connectivity index is 1.84. The van der Waals surface area contributed by atoms with Crippen LogP contribution in [0.1, 0.15) is 37.9 Å². The van der Waals surface area contributed by atoms with Crippen LogP contribution in [0.25, 0.3) is 16.8 Å². The molecule has 0 saturated carbocycles. The number of carbonyl (C=O) groups is 1. The Bertz CT molecular complexity index is 1880. The molecule has 1 aromatic heterocycles. The zero-order valence-electron chi connectivity index (χ0n) is 24.4. The number of amides is 1. The predicted octanol–water partition coefficient (Wildman–Crippen LogP) is 3.99. The van der Waals surface area contributed by atoms with Crippen molar-refractivity contribution in [3.8, 4) is 23.0 Å². The molecule has 218 valence electrons. The van der Waals surface area contributed by atoms with Gasteiger partial charge >= 0.3 is 0 Å². The molecule has 0 radical (unpaired) electrons. The van der Waals surface area contributed by atoms with E-state index in [9.17, 15) is 14.7 Å². The van der Waals surface area contributed by atoms with Gasteiger partial charge in [-0.1, -0.05) is 41.7 Å². The molecule has 1 atom stereocenters. The molecular weight excluding hydrogens is 554 g/mol. The number of benzene rings is 3. The molecule has 2 heterocycles. The topological polar surface area (TPSA) is 103 Å². The van der Waals surface area contributed by atoms with Gasteiger partial charge in [-0.15, -0.1) is 0 Å². The monoisotopic (exact) mass is 587 g/mol. The Kier molecular flexibility index (Phi) is 8.08. The maximum atomic E-state index is 14.3. The van der Waals surface area contributed by atoms with Gasteiger partial charge in [-0.2, -0.15) is 0 Å². The molecule has 9 nitrogen and oxygen atoms in total. The summed E-state index contributed by atoms with van der Waals surface area (Å²) >= 11 is 1.23. The average molecular weight is 588 g/mol. The fourth-order valence-corrected chi connectivity index (χ4v) is 6.48. The molecule has 10 heteroatoms. The number of thiazole rings is 1. The van der Waals surface area contributed by atoms with Crippen molar-refractivity contribution in [2.75, 3.05) is 34.4 Å². The number of methoxy groups -OCH3 is 3. The minimum absolute atomic E-state index is 0.128. The van der Waals surface area contributed by atoms with Crippen molar-refractivity contribution in [1.82, 2.24) is 9.47 Å². The quantitative estimate of drug-likeness (QED) is 0.335. The van der Waals surface area contributed by atoms with E-state index in [-0.39, 0.29) is 28.7 Å². The Hall–Kier alpha value is -4.57. The van der Waals surface area contributed by atoms with Crippen LogP contribution in [0.4, 0.5) is 0 Å². The smallest absolute Gasteiger partial charge is 0.271 e. The van der Waals surface area contributed by atoms with Crippen LogP contribution in [-0.4, -0.2) is 54.9 Å². The summed E-state index contributed by atoms with van der Waals surface area (Å²) in [6, 6.07) is 14.2. The van der Waals surface area contributed by atoms with E-state index in [0.29, 0.717) is 45.0 Å². The van der Waals surface area contributed by atoms with Crippen LogP contribution in [0.15, 0.2) is 69.6 Å². The number of hydrogen-bond donors (Lipinski definition) is 1. The first-order chi connectivity index (χ1) is 20.3. The van der Waals surface area contributed by atoms with Crippen molar-refractivity contribution in [1.29, 1.82) is 0 Å². The summed E-state index contributed by atoms with van der Waals surface area (Å²) < 4.78 is 18.5. The summed E-state index contributed by atoms with van der Waals surface area (Å²) in [5.74, 6) is 0.700. The second kappa shape index (κ2) is 11.7. The van der Waals surface area contributed by atoms with E-state index in [4.69, 9.17) is 19.2 Å². The molecule has 0 saturated heterocycles. The molecule has 42 heavy (non-hydrogen) atoms. The van der Waals surface area contributed by atoms with E-state index in [1.54, 1.807) is 34.8 Å². The lowest BCUT2D eigenvalue weighted by Gasteiger charge is -2.30. The highest BCUT2D eigenvalue weighted by atomic mass is 32.1. The SMILES string of the molecule is CCN(CC)C(=O)C1=C(C)N=c2s/c(=C/c3cc(OC)c(O)c(OC)c3)c(=O)n2[C@H]1c1c(OC)ccc2ccccc12. The van der Waals surface area contributed by atoms with Gasteiger partial charge in [0.2, 0.25) is 5.75 Å². The number of allylic oxidation sites excluding steroid dienone is 1. The Morgan fingerprint density at radius 3 is 2.29 bits per heavy atom. The van der Waals surface area contributed by atoms with Gasteiger partial charge in [0.15, 0.2) is 16.3 Å². The molecule has 3 aromatic carbocycles. The van der Waals surface area contributed by atoms with Gasteiger partial charge in [-0.05, 0) is 61.4 Å². The van der Waals surface area contributed by atoms with Crippen molar-refractivity contribution in [2.24, 2.45) is 4.99 Å². The second-order valence-electron chi connectivity index (χ2n) is 9.74. The third kappa shape index (κ3) is 4.81. The first kappa shape index (κ1) is 28.9. The van der Waals surface area contributed by atoms with Gasteiger partial charge in [0.1, 0.15) is 11.8 Å². The zero-order chi connectivity index (χ0) is 30.1. The largest absolute Gasteiger partial charge is 0.502 e. The average Bonchev–Trinajstić information content (AvgIpc) is 3.30. The van der Waals surface area contributed by atoms with E-state index >= 15 is 0 Å². The summed E-state index contributed by atoms with van der Waals surface area (Å²) in [7, 11) is 4.48. The van der Waals surface area contributed by atoms with Gasteiger partial charge in [0, 0.05) is 18.7 Å². The van der Waals surface area contributed by atoms with Crippen LogP contribution < -0.4 is 29.1 Å². The lowest BCUT2D eigenvalue weighted by Crippen LogP contribution is -2.43. The number of phenols is 1. The molecule has 1 amide bonds. The summed E-state index contributed by atoms with van der Waals surface area (Å²) in [4.78, 5) is 35.3. The minimum Gasteiger partial charge on any atom is -0.502 e. The van der Waals surface area contributed by atoms with Crippen LogP contribution in [0, 0.1) is 0 Å². The summed E-state index contributed by atoms with van der Waals surface area (Å²) in [5, 5.41) is 12.2. The van der Waals surface area contributed by atoms with Gasteiger partial charge < -0.3 is 24.2 Å². The third-order valence-corrected chi connectivity index (χ3v) is 8.51. The number of fused-ring (bicyclic) bond motifs is 2. The standard InChI is InChI=1S/C32H33N3O6S/c1-7-34(8-2)31(38)26-18(3)33-32-35(28(26)27-21-12-10-9-11-20(21)13-14-22(27)39-4)30(37)25(42-32)17-19-15-23(40-5)29(36)24(16-19)41-6/h9-17,28,36H,7-8H2,1-6H3/b25-17+/t28-/m1/s1. The molecule has 0 fully saturated rings. The van der Waals surface area contributed by atoms with Crippen molar-refractivity contribution in [3.05, 3.63) is 90.6 Å². The van der Waals surface area contributed by atoms with E-state index in [0.717, 1.165) is 16.3 Å². The van der Waals surface area contributed by atoms with Gasteiger partial charge in [-0.3, -0.25) is 14.2 Å². The molecule has 1 N–H and O–H groups in total. The Morgan fingerprint density at radius 2 is 1.67 bits per heavy atom. The van der Waals surface area contributed by atoms with Crippen LogP contribution in [-0.2, 0) is 4.79 Å². The van der Waals surface area contributed by atoms with Gasteiger partial charge in [0.25, 0.3) is 11.5 Å². The maximum Gasteiger partial charge on any atom is 0.271 e. The number of hydrogen-bond acceptors (Lipinski definition) is 8. The minimum atomic E-state index is -0.776. The predicted molar refractivity (Wildman–Crippen MR) is 163 cm³/mol. The molecule has 0 aliphatic carbocycles. The fraction of sp³-hybridized carbons (Fsp3) is 0.281. The Morgan fingerprint density at radius 1 is 1.02 bits per heavy atom. The summed E-state index contributed by atoms with van der Waals surface area (Å²) in [6.45, 7) is 6.70. The number of rotatable bonds is 8. The van der Waals surface area contributed by atoms with Crippen molar-refractivity contribution < 1.29 is 24.1 Å². The number of carbonyl (C=O) groups excluding carboxylic acids is 1. The first-order valence-corrected chi connectivity index (χ1v) is 14.4. The molecule has 0 spiro atoms. The number of ether oxygens (including phenoxy) is 3. The molecule has 5 rings (SSSR count). The summed E-state index contributed by atoms with van der Waals surface area (Å²) in [6.07, 6.45) is 1.71. The number of aromatic hydroxyl groups is 1. The molecule has 0 bridgehead atoms. The van der Waals surface area contributed by atoms with E-state index < -0.39 is 6.04 Å². The van der Waals surface area contributed by atoms with Crippen LogP contribution >= 0.6 is 11.3 Å². The first-order valence-electron chi connectivity index (χ1n) is 13.6. The number of aromatic nitrogens is 1. The van der Waals surface area contributed by atoms with Crippen LogP contribution in [0.5, 0.6) is 23.0 Å².